The molecule has 0 bridgehead atoms. The molecule has 1 aromatic carbocycles. The summed E-state index contributed by atoms with van der Waals surface area (Å²) >= 11 is 0. The molecule has 1 atom stereocenters. The van der Waals surface area contributed by atoms with Gasteiger partial charge in [-0.3, -0.25) is 4.99 Å². The van der Waals surface area contributed by atoms with E-state index in [9.17, 15) is 0 Å². The Kier molecular flexibility index (Phi) is 9.54. The minimum absolute atomic E-state index is 0.712. The van der Waals surface area contributed by atoms with Gasteiger partial charge in [-0.25, -0.2) is 0 Å². The van der Waals surface area contributed by atoms with E-state index in [-0.39, 0.29) is 0 Å². The molecule has 0 aromatic heterocycles. The molecule has 0 N–H and O–H groups in total. The van der Waals surface area contributed by atoms with Gasteiger partial charge < -0.3 is 4.90 Å². The third kappa shape index (κ3) is 6.31. The van der Waals surface area contributed by atoms with Gasteiger partial charge in [-0.15, -0.1) is 0 Å². The number of aliphatic imine (C=N–C) groups is 1. The molecule has 23 heavy (non-hydrogen) atoms. The Morgan fingerprint density at radius 2 is 1.91 bits per heavy atom. The molecule has 1 heterocycles. The highest BCUT2D eigenvalue weighted by atomic mass is 15.1. The zero-order valence-electron chi connectivity index (χ0n) is 15.7. The second-order valence-corrected chi connectivity index (χ2v) is 5.95. The predicted molar refractivity (Wildman–Crippen MR) is 104 cm³/mol. The molecule has 2 nitrogen and oxygen atoms in total. The maximum Gasteiger partial charge on any atom is 0.0639 e. The zero-order chi connectivity index (χ0) is 17.1. The van der Waals surface area contributed by atoms with Crippen molar-refractivity contribution >= 4 is 5.71 Å². The molecule has 1 aliphatic heterocycles. The van der Waals surface area contributed by atoms with Crippen LogP contribution in [-0.2, 0) is 6.42 Å². The predicted octanol–water partition coefficient (Wildman–Crippen LogP) is 5.12. The van der Waals surface area contributed by atoms with E-state index in [1.807, 2.05) is 20.9 Å². The van der Waals surface area contributed by atoms with Crippen LogP contribution in [0.3, 0.4) is 0 Å². The molecule has 0 amide bonds. The minimum atomic E-state index is 0.712. The van der Waals surface area contributed by atoms with Crippen molar-refractivity contribution in [2.45, 2.75) is 58.9 Å². The summed E-state index contributed by atoms with van der Waals surface area (Å²) in [5, 5.41) is 0. The molecule has 0 spiro atoms. The molecular formula is C21H34N2. The van der Waals surface area contributed by atoms with Gasteiger partial charge in [0.05, 0.1) is 5.71 Å². The van der Waals surface area contributed by atoms with E-state index >= 15 is 0 Å². The molecule has 1 aliphatic rings. The van der Waals surface area contributed by atoms with Gasteiger partial charge in [0.25, 0.3) is 0 Å². The Balaban J connectivity index is 0.00000127. The number of nitrogens with zero attached hydrogens (tertiary/aromatic N) is 2. The average molecular weight is 315 g/mol. The van der Waals surface area contributed by atoms with Crippen LogP contribution in [0.15, 0.2) is 41.4 Å². The van der Waals surface area contributed by atoms with Crippen LogP contribution in [0.4, 0.5) is 0 Å². The summed E-state index contributed by atoms with van der Waals surface area (Å²) in [6.45, 7) is 7.39. The molecule has 0 aliphatic carbocycles. The van der Waals surface area contributed by atoms with E-state index in [2.05, 4.69) is 60.3 Å². The molecule has 2 heteroatoms. The minimum Gasteiger partial charge on any atom is -0.303 e. The van der Waals surface area contributed by atoms with Crippen LogP contribution in [0.25, 0.3) is 0 Å². The van der Waals surface area contributed by atoms with Crippen LogP contribution in [0, 0.1) is 0 Å². The molecule has 0 radical (unpaired) electrons. The van der Waals surface area contributed by atoms with Crippen molar-refractivity contribution in [3.8, 4) is 0 Å². The molecule has 1 unspecified atom stereocenters. The first-order valence-corrected chi connectivity index (χ1v) is 9.17. The SMILES string of the molecule is CC.CC/C=C\C(=NC)c1ccc(CC2CCCCN2C)cc1. The van der Waals surface area contributed by atoms with E-state index in [1.54, 1.807) is 0 Å². The average Bonchev–Trinajstić information content (AvgIpc) is 2.61. The first-order valence-electron chi connectivity index (χ1n) is 9.17. The lowest BCUT2D eigenvalue weighted by molar-refractivity contribution is 0.184. The quantitative estimate of drug-likeness (QED) is 0.688. The van der Waals surface area contributed by atoms with Crippen molar-refractivity contribution in [1.29, 1.82) is 0 Å². The van der Waals surface area contributed by atoms with Crippen LogP contribution in [-0.4, -0.2) is 37.3 Å². The van der Waals surface area contributed by atoms with Gasteiger partial charge >= 0.3 is 0 Å². The molecule has 1 saturated heterocycles. The summed E-state index contributed by atoms with van der Waals surface area (Å²) in [7, 11) is 4.12. The first-order chi connectivity index (χ1) is 11.2. The highest BCUT2D eigenvalue weighted by Gasteiger charge is 2.18. The Morgan fingerprint density at radius 3 is 2.48 bits per heavy atom. The van der Waals surface area contributed by atoms with Crippen LogP contribution < -0.4 is 0 Å². The maximum absolute atomic E-state index is 4.37. The Morgan fingerprint density at radius 1 is 1.22 bits per heavy atom. The summed E-state index contributed by atoms with van der Waals surface area (Å²) in [6.07, 6.45) is 10.6. The number of rotatable bonds is 5. The lowest BCUT2D eigenvalue weighted by Gasteiger charge is -2.32. The second kappa shape index (κ2) is 11.2. The fraction of sp³-hybridized carbons (Fsp3) is 0.571. The Labute approximate surface area is 143 Å². The lowest BCUT2D eigenvalue weighted by Crippen LogP contribution is -2.37. The van der Waals surface area contributed by atoms with E-state index in [1.165, 1.54) is 43.4 Å². The van der Waals surface area contributed by atoms with Crippen LogP contribution in [0.1, 0.15) is 57.6 Å². The molecular weight excluding hydrogens is 280 g/mol. The summed E-state index contributed by atoms with van der Waals surface area (Å²) in [5.41, 5.74) is 3.72. The van der Waals surface area contributed by atoms with Gasteiger partial charge in [-0.1, -0.05) is 57.5 Å². The van der Waals surface area contributed by atoms with Gasteiger partial charge in [0.1, 0.15) is 0 Å². The number of hydrogen-bond acceptors (Lipinski definition) is 2. The second-order valence-electron chi connectivity index (χ2n) is 5.95. The van der Waals surface area contributed by atoms with E-state index in [0.29, 0.717) is 6.04 Å². The highest BCUT2D eigenvalue weighted by molar-refractivity contribution is 6.08. The van der Waals surface area contributed by atoms with Gasteiger partial charge in [0.15, 0.2) is 0 Å². The van der Waals surface area contributed by atoms with Gasteiger partial charge in [-0.05, 0) is 56.5 Å². The van der Waals surface area contributed by atoms with E-state index in [0.717, 1.165) is 12.1 Å². The van der Waals surface area contributed by atoms with Gasteiger partial charge in [-0.2, -0.15) is 0 Å². The number of allylic oxidation sites excluding steroid dienone is 2. The monoisotopic (exact) mass is 314 g/mol. The van der Waals surface area contributed by atoms with E-state index < -0.39 is 0 Å². The fourth-order valence-electron chi connectivity index (χ4n) is 3.02. The van der Waals surface area contributed by atoms with Crippen molar-refractivity contribution in [1.82, 2.24) is 4.90 Å². The lowest BCUT2D eigenvalue weighted by atomic mass is 9.95. The highest BCUT2D eigenvalue weighted by Crippen LogP contribution is 2.19. The standard InChI is InChI=1S/C19H28N2.C2H6/c1-4-5-9-19(20-2)17-12-10-16(11-13-17)15-18-8-6-7-14-21(18)3;1-2/h5,9-13,18H,4,6-8,14-15H2,1-3H3;1-2H3/b9-5-,20-19?;. The van der Waals surface area contributed by atoms with Crippen molar-refractivity contribution in [3.05, 3.63) is 47.5 Å². The number of hydrogen-bond donors (Lipinski definition) is 0. The Hall–Kier alpha value is -1.41. The van der Waals surface area contributed by atoms with Gasteiger partial charge in [0.2, 0.25) is 0 Å². The summed E-state index contributed by atoms with van der Waals surface area (Å²) in [6, 6.07) is 9.66. The van der Waals surface area contributed by atoms with Crippen molar-refractivity contribution < 1.29 is 0 Å². The van der Waals surface area contributed by atoms with Crippen LogP contribution >= 0.6 is 0 Å². The summed E-state index contributed by atoms with van der Waals surface area (Å²) < 4.78 is 0. The smallest absolute Gasteiger partial charge is 0.0639 e. The zero-order valence-corrected chi connectivity index (χ0v) is 15.7. The summed E-state index contributed by atoms with van der Waals surface area (Å²) in [5.74, 6) is 0. The Bertz CT molecular complexity index is 485. The third-order valence-corrected chi connectivity index (χ3v) is 4.39. The van der Waals surface area contributed by atoms with Crippen molar-refractivity contribution in [3.63, 3.8) is 0 Å². The first kappa shape index (κ1) is 19.6. The largest absolute Gasteiger partial charge is 0.303 e. The topological polar surface area (TPSA) is 15.6 Å². The number of likely N-dealkylation sites (N-methyl/N-ethyl adjacent to an activating group) is 1. The van der Waals surface area contributed by atoms with Crippen molar-refractivity contribution in [2.75, 3.05) is 20.6 Å². The number of piperidine rings is 1. The van der Waals surface area contributed by atoms with Gasteiger partial charge in [0, 0.05) is 13.1 Å². The molecule has 128 valence electrons. The molecule has 1 aromatic rings. The molecule has 1 fully saturated rings. The number of likely N-dealkylation sites (tertiary alicyclic amines) is 1. The summed E-state index contributed by atoms with van der Waals surface area (Å²) in [4.78, 5) is 6.89. The van der Waals surface area contributed by atoms with Crippen LogP contribution in [0.2, 0.25) is 0 Å². The fourth-order valence-corrected chi connectivity index (χ4v) is 3.02. The maximum atomic E-state index is 4.37. The van der Waals surface area contributed by atoms with Crippen LogP contribution in [0.5, 0.6) is 0 Å². The third-order valence-electron chi connectivity index (χ3n) is 4.39. The molecule has 0 saturated carbocycles. The van der Waals surface area contributed by atoms with E-state index in [4.69, 9.17) is 0 Å². The molecule has 2 rings (SSSR count). The van der Waals surface area contributed by atoms with Crippen molar-refractivity contribution in [2.24, 2.45) is 4.99 Å². The normalized spacial score (nSPS) is 19.5. The number of benzene rings is 1.